The van der Waals surface area contributed by atoms with Crippen molar-refractivity contribution in [2.24, 2.45) is 5.41 Å². The Morgan fingerprint density at radius 1 is 1.10 bits per heavy atom. The lowest BCUT2D eigenvalue weighted by molar-refractivity contribution is -0.144. The number of nitrogens with zero attached hydrogens (tertiary/aromatic N) is 2. The molecule has 2 unspecified atom stereocenters. The predicted octanol–water partition coefficient (Wildman–Crippen LogP) is 5.52. The van der Waals surface area contributed by atoms with Gasteiger partial charge in [-0.1, -0.05) is 80.2 Å². The molecule has 41 heavy (non-hydrogen) atoms. The number of aliphatic hydroxyl groups excluding tert-OH is 1. The highest BCUT2D eigenvalue weighted by Gasteiger charge is 2.44. The van der Waals surface area contributed by atoms with E-state index in [1.54, 1.807) is 11.3 Å². The van der Waals surface area contributed by atoms with Gasteiger partial charge in [0.2, 0.25) is 17.7 Å². The van der Waals surface area contributed by atoms with E-state index in [1.807, 2.05) is 64.4 Å². The van der Waals surface area contributed by atoms with Crippen LogP contribution in [0.3, 0.4) is 0 Å². The van der Waals surface area contributed by atoms with Crippen LogP contribution in [0.4, 0.5) is 0 Å². The van der Waals surface area contributed by atoms with E-state index in [-0.39, 0.29) is 36.7 Å². The van der Waals surface area contributed by atoms with Crippen molar-refractivity contribution >= 4 is 45.0 Å². The Kier molecular flexibility index (Phi) is 12.4. The number of carbonyl (C=O) groups is 3. The summed E-state index contributed by atoms with van der Waals surface area (Å²) in [5.74, 6) is -0.811. The van der Waals surface area contributed by atoms with Gasteiger partial charge in [0.1, 0.15) is 12.1 Å². The molecule has 2 aromatic rings. The average molecular weight is 650 g/mol. The molecule has 4 atom stereocenters. The summed E-state index contributed by atoms with van der Waals surface area (Å²) in [5.41, 5.74) is 4.26. The largest absolute Gasteiger partial charge is 0.391 e. The lowest BCUT2D eigenvalue weighted by Crippen LogP contribution is -2.57. The van der Waals surface area contributed by atoms with Crippen molar-refractivity contribution in [3.05, 3.63) is 41.0 Å². The zero-order valence-electron chi connectivity index (χ0n) is 24.9. The molecule has 0 saturated carbocycles. The Morgan fingerprint density at radius 2 is 1.76 bits per heavy atom. The highest BCUT2D eigenvalue weighted by molar-refractivity contribution is 9.09. The molecule has 2 heterocycles. The van der Waals surface area contributed by atoms with Gasteiger partial charge >= 0.3 is 0 Å². The molecule has 1 saturated heterocycles. The molecule has 1 aromatic heterocycles. The molecule has 1 aliphatic rings. The molecule has 0 radical (unpaired) electrons. The van der Waals surface area contributed by atoms with Gasteiger partial charge in [-0.15, -0.1) is 11.3 Å². The van der Waals surface area contributed by atoms with Crippen LogP contribution in [-0.2, 0) is 14.4 Å². The number of alkyl halides is 1. The fourth-order valence-electron chi connectivity index (χ4n) is 5.16. The first-order valence-corrected chi connectivity index (χ1v) is 16.6. The van der Waals surface area contributed by atoms with Crippen LogP contribution in [0, 0.1) is 12.3 Å². The van der Waals surface area contributed by atoms with Crippen molar-refractivity contribution in [3.63, 3.8) is 0 Å². The van der Waals surface area contributed by atoms with Crippen molar-refractivity contribution < 1.29 is 19.5 Å². The number of thiazole rings is 1. The summed E-state index contributed by atoms with van der Waals surface area (Å²) in [6.45, 7) is 9.64. The van der Waals surface area contributed by atoms with Gasteiger partial charge in [0.25, 0.3) is 0 Å². The number of carbonyl (C=O) groups excluding carboxylic acids is 3. The summed E-state index contributed by atoms with van der Waals surface area (Å²) < 4.78 is 0. The second kappa shape index (κ2) is 15.3. The second-order valence-corrected chi connectivity index (χ2v) is 13.7. The number of aliphatic hydroxyl groups is 1. The number of nitrogens with one attached hydrogen (secondary N) is 2. The molecule has 0 spiro atoms. The maximum Gasteiger partial charge on any atom is 0.246 e. The number of amides is 3. The minimum Gasteiger partial charge on any atom is -0.391 e. The van der Waals surface area contributed by atoms with Crippen LogP contribution in [0.5, 0.6) is 0 Å². The van der Waals surface area contributed by atoms with Crippen LogP contribution < -0.4 is 10.6 Å². The summed E-state index contributed by atoms with van der Waals surface area (Å²) in [7, 11) is 0. The third-order valence-corrected chi connectivity index (χ3v) is 9.14. The highest BCUT2D eigenvalue weighted by Crippen LogP contribution is 2.29. The number of halogens is 1. The Balaban J connectivity index is 1.63. The second-order valence-electron chi connectivity index (χ2n) is 12.1. The number of aryl methyl sites for hydroxylation is 1. The summed E-state index contributed by atoms with van der Waals surface area (Å²) in [5, 5.41) is 17.4. The fourth-order valence-corrected chi connectivity index (χ4v) is 6.37. The molecular formula is C31H45BrN4O4S. The predicted molar refractivity (Wildman–Crippen MR) is 168 cm³/mol. The Bertz CT molecular complexity index is 1160. The molecule has 3 rings (SSSR count). The fraction of sp³-hybridized carbons (Fsp3) is 0.613. The van der Waals surface area contributed by atoms with Crippen molar-refractivity contribution in [1.82, 2.24) is 20.5 Å². The topological polar surface area (TPSA) is 112 Å². The van der Waals surface area contributed by atoms with Crippen LogP contribution in [0.2, 0.25) is 0 Å². The van der Waals surface area contributed by atoms with Crippen LogP contribution >= 0.6 is 27.3 Å². The van der Waals surface area contributed by atoms with E-state index in [0.29, 0.717) is 6.42 Å². The van der Waals surface area contributed by atoms with Crippen LogP contribution in [0.25, 0.3) is 10.4 Å². The molecule has 8 nitrogen and oxygen atoms in total. The van der Waals surface area contributed by atoms with Gasteiger partial charge in [-0.3, -0.25) is 14.4 Å². The Morgan fingerprint density at radius 3 is 2.37 bits per heavy atom. The number of hydrogen-bond acceptors (Lipinski definition) is 6. The molecule has 0 bridgehead atoms. The minimum atomic E-state index is -0.810. The number of benzene rings is 1. The third-order valence-electron chi connectivity index (χ3n) is 7.60. The molecule has 1 aromatic carbocycles. The van der Waals surface area contributed by atoms with E-state index in [2.05, 4.69) is 31.5 Å². The summed E-state index contributed by atoms with van der Waals surface area (Å²) in [4.78, 5) is 46.9. The lowest BCUT2D eigenvalue weighted by Gasteiger charge is -2.35. The van der Waals surface area contributed by atoms with Crippen molar-refractivity contribution in [1.29, 1.82) is 0 Å². The first-order chi connectivity index (χ1) is 19.4. The Hall–Kier alpha value is -2.30. The van der Waals surface area contributed by atoms with Gasteiger partial charge in [0.05, 0.1) is 28.2 Å². The third kappa shape index (κ3) is 9.35. The maximum atomic E-state index is 13.8. The lowest BCUT2D eigenvalue weighted by atomic mass is 9.85. The molecule has 1 aliphatic heterocycles. The molecule has 10 heteroatoms. The number of likely N-dealkylation sites (tertiary alicyclic amines) is 1. The number of β-amino-alcohol motifs (C(OH)–C–C–N with tert-alkyl or cyclic N) is 1. The minimum absolute atomic E-state index is 0.0597. The van der Waals surface area contributed by atoms with Crippen molar-refractivity contribution in [2.45, 2.75) is 104 Å². The zero-order valence-corrected chi connectivity index (χ0v) is 27.3. The van der Waals surface area contributed by atoms with Gasteiger partial charge in [-0.25, -0.2) is 4.98 Å². The Labute approximate surface area is 256 Å². The average Bonchev–Trinajstić information content (AvgIpc) is 3.53. The standard InChI is InChI=1S/C31H45BrN4O4S/c1-20(22-12-14-23(15-13-22)27-21(2)33-19-41-27)34-29(39)25-17-24(37)18-36(25)30(40)28(31(3,4)5)35-26(38)11-9-7-6-8-10-16-32/h12-15,19-20,24-25,28,37H,6-11,16-18H2,1-5H3,(H,34,39)(H,35,38)/t20?,24-,25+,28?/m1/s1. The van der Waals surface area contributed by atoms with E-state index >= 15 is 0 Å². The smallest absolute Gasteiger partial charge is 0.246 e. The molecular weight excluding hydrogens is 604 g/mol. The van der Waals surface area contributed by atoms with E-state index in [0.717, 1.165) is 59.1 Å². The quantitative estimate of drug-likeness (QED) is 0.196. The maximum absolute atomic E-state index is 13.8. The summed E-state index contributed by atoms with van der Waals surface area (Å²) in [6, 6.07) is 6.11. The SMILES string of the molecule is Cc1ncsc1-c1ccc(C(C)NC(=O)[C@@H]2C[C@@H](O)CN2C(=O)C(NC(=O)CCCCCCCBr)C(C)(C)C)cc1. The van der Waals surface area contributed by atoms with Gasteiger partial charge in [-0.2, -0.15) is 0 Å². The highest BCUT2D eigenvalue weighted by atomic mass is 79.9. The number of aromatic nitrogens is 1. The zero-order chi connectivity index (χ0) is 30.2. The first kappa shape index (κ1) is 33.2. The molecule has 0 aliphatic carbocycles. The van der Waals surface area contributed by atoms with E-state index in [4.69, 9.17) is 0 Å². The first-order valence-electron chi connectivity index (χ1n) is 14.6. The molecule has 1 fully saturated rings. The van der Waals surface area contributed by atoms with E-state index in [9.17, 15) is 19.5 Å². The summed E-state index contributed by atoms with van der Waals surface area (Å²) >= 11 is 5.03. The van der Waals surface area contributed by atoms with Gasteiger partial charge < -0.3 is 20.6 Å². The van der Waals surface area contributed by atoms with Gasteiger partial charge in [0.15, 0.2) is 0 Å². The monoisotopic (exact) mass is 648 g/mol. The van der Waals surface area contributed by atoms with E-state index < -0.39 is 23.6 Å². The van der Waals surface area contributed by atoms with Crippen LogP contribution in [-0.4, -0.2) is 62.8 Å². The number of hydrogen-bond donors (Lipinski definition) is 3. The van der Waals surface area contributed by atoms with Crippen molar-refractivity contribution in [2.75, 3.05) is 11.9 Å². The van der Waals surface area contributed by atoms with Gasteiger partial charge in [0, 0.05) is 24.7 Å². The van der Waals surface area contributed by atoms with E-state index in [1.165, 1.54) is 4.90 Å². The molecule has 226 valence electrons. The summed E-state index contributed by atoms with van der Waals surface area (Å²) in [6.07, 6.45) is 4.80. The van der Waals surface area contributed by atoms with Crippen LogP contribution in [0.15, 0.2) is 29.8 Å². The number of unbranched alkanes of at least 4 members (excludes halogenated alkanes) is 4. The van der Waals surface area contributed by atoms with Crippen molar-refractivity contribution in [3.8, 4) is 10.4 Å². The number of rotatable bonds is 13. The normalized spacial score (nSPS) is 18.7. The molecule has 3 N–H and O–H groups in total. The van der Waals surface area contributed by atoms with Crippen LogP contribution in [0.1, 0.15) is 89.9 Å². The molecule has 3 amide bonds. The van der Waals surface area contributed by atoms with Gasteiger partial charge in [-0.05, 0) is 43.2 Å².